The van der Waals surface area contributed by atoms with Crippen molar-refractivity contribution in [1.29, 1.82) is 0 Å². The number of aryl methyl sites for hydroxylation is 1. The smallest absolute Gasteiger partial charge is 0.175 e. The van der Waals surface area contributed by atoms with Gasteiger partial charge in [0.25, 0.3) is 0 Å². The van der Waals surface area contributed by atoms with Crippen LogP contribution in [0.2, 0.25) is 0 Å². The molecular formula is C13H18N2O2S. The van der Waals surface area contributed by atoms with Gasteiger partial charge in [-0.15, -0.1) is 0 Å². The van der Waals surface area contributed by atoms with Crippen LogP contribution in [-0.4, -0.2) is 25.7 Å². The number of nitrogens with two attached hydrogens (primary N) is 1. The van der Waals surface area contributed by atoms with Crippen LogP contribution in [0.25, 0.3) is 10.9 Å². The van der Waals surface area contributed by atoms with E-state index in [0.29, 0.717) is 4.90 Å². The predicted octanol–water partition coefficient (Wildman–Crippen LogP) is 1.85. The van der Waals surface area contributed by atoms with Crippen LogP contribution < -0.4 is 5.73 Å². The first-order chi connectivity index (χ1) is 8.38. The summed E-state index contributed by atoms with van der Waals surface area (Å²) in [5.74, 6) is 0. The van der Waals surface area contributed by atoms with Crippen molar-refractivity contribution >= 4 is 20.7 Å². The highest BCUT2D eigenvalue weighted by Gasteiger charge is 2.11. The summed E-state index contributed by atoms with van der Waals surface area (Å²) in [5, 5.41) is 0.971. The van der Waals surface area contributed by atoms with Crippen LogP contribution in [0.4, 0.5) is 0 Å². The number of rotatable bonds is 4. The maximum absolute atomic E-state index is 11.5. The third kappa shape index (κ3) is 2.73. The number of H-pyrrole nitrogens is 1. The van der Waals surface area contributed by atoms with Crippen LogP contribution >= 0.6 is 0 Å². The summed E-state index contributed by atoms with van der Waals surface area (Å²) in [6.07, 6.45) is 4.89. The van der Waals surface area contributed by atoms with Crippen molar-refractivity contribution in [1.82, 2.24) is 4.98 Å². The summed E-state index contributed by atoms with van der Waals surface area (Å²) in [6, 6.07) is 5.32. The van der Waals surface area contributed by atoms with Crippen LogP contribution in [0.3, 0.4) is 0 Å². The fraction of sp³-hybridized carbons (Fsp3) is 0.385. The van der Waals surface area contributed by atoms with E-state index in [0.717, 1.165) is 29.3 Å². The van der Waals surface area contributed by atoms with Crippen molar-refractivity contribution in [2.75, 3.05) is 6.26 Å². The molecular weight excluding hydrogens is 248 g/mol. The van der Waals surface area contributed by atoms with E-state index in [1.165, 1.54) is 6.26 Å². The topological polar surface area (TPSA) is 76.0 Å². The summed E-state index contributed by atoms with van der Waals surface area (Å²) in [7, 11) is -3.16. The zero-order valence-corrected chi connectivity index (χ0v) is 11.4. The number of aromatic amines is 1. The zero-order chi connectivity index (χ0) is 13.3. The highest BCUT2D eigenvalue weighted by atomic mass is 32.2. The van der Waals surface area contributed by atoms with Gasteiger partial charge in [0.15, 0.2) is 9.84 Å². The minimum atomic E-state index is -3.16. The number of benzene rings is 1. The maximum Gasteiger partial charge on any atom is 0.175 e. The molecule has 2 rings (SSSR count). The van der Waals surface area contributed by atoms with Gasteiger partial charge in [0.05, 0.1) is 4.90 Å². The Bertz CT molecular complexity index is 657. The first kappa shape index (κ1) is 13.1. The molecule has 1 atom stereocenters. The highest BCUT2D eigenvalue weighted by molar-refractivity contribution is 7.90. The molecule has 4 nitrogen and oxygen atoms in total. The van der Waals surface area contributed by atoms with Gasteiger partial charge in [-0.3, -0.25) is 0 Å². The molecule has 0 aliphatic rings. The molecule has 1 heterocycles. The van der Waals surface area contributed by atoms with Crippen molar-refractivity contribution in [2.24, 2.45) is 5.73 Å². The number of fused-ring (bicyclic) bond motifs is 1. The van der Waals surface area contributed by atoms with Crippen LogP contribution in [0.1, 0.15) is 18.9 Å². The second-order valence-corrected chi connectivity index (χ2v) is 6.83. The largest absolute Gasteiger partial charge is 0.361 e. The third-order valence-corrected chi connectivity index (χ3v) is 4.15. The molecule has 2 aromatic rings. The van der Waals surface area contributed by atoms with Crippen molar-refractivity contribution in [2.45, 2.75) is 30.7 Å². The molecule has 98 valence electrons. The molecule has 5 heteroatoms. The molecule has 0 bridgehead atoms. The van der Waals surface area contributed by atoms with Gasteiger partial charge in [0.1, 0.15) is 0 Å². The van der Waals surface area contributed by atoms with E-state index in [1.807, 2.05) is 13.1 Å². The molecule has 18 heavy (non-hydrogen) atoms. The number of hydrogen-bond acceptors (Lipinski definition) is 3. The molecule has 0 spiro atoms. The second-order valence-electron chi connectivity index (χ2n) is 4.81. The molecule has 1 aromatic heterocycles. The van der Waals surface area contributed by atoms with Crippen molar-refractivity contribution in [3.05, 3.63) is 30.0 Å². The molecule has 0 aliphatic carbocycles. The predicted molar refractivity (Wildman–Crippen MR) is 73.4 cm³/mol. The fourth-order valence-corrected chi connectivity index (χ4v) is 2.63. The number of nitrogens with one attached hydrogen (secondary N) is 1. The minimum Gasteiger partial charge on any atom is -0.361 e. The average Bonchev–Trinajstić information content (AvgIpc) is 2.67. The van der Waals surface area contributed by atoms with Crippen LogP contribution in [0.5, 0.6) is 0 Å². The van der Waals surface area contributed by atoms with Gasteiger partial charge in [0.2, 0.25) is 0 Å². The Balaban J connectivity index is 2.44. The summed E-state index contributed by atoms with van der Waals surface area (Å²) in [4.78, 5) is 3.51. The summed E-state index contributed by atoms with van der Waals surface area (Å²) in [6.45, 7) is 1.97. The van der Waals surface area contributed by atoms with E-state index in [-0.39, 0.29) is 6.04 Å². The van der Waals surface area contributed by atoms with Crippen LogP contribution in [0.15, 0.2) is 29.3 Å². The molecule has 0 radical (unpaired) electrons. The lowest BCUT2D eigenvalue weighted by Gasteiger charge is -2.04. The second kappa shape index (κ2) is 4.74. The number of sulfone groups is 1. The van der Waals surface area contributed by atoms with Crippen molar-refractivity contribution in [3.63, 3.8) is 0 Å². The summed E-state index contributed by atoms with van der Waals surface area (Å²) in [5.41, 5.74) is 7.82. The van der Waals surface area contributed by atoms with Crippen LogP contribution in [-0.2, 0) is 16.3 Å². The standard InChI is InChI=1S/C13H18N2O2S/c1-9(14)3-4-10-8-15-13-6-5-11(7-12(10)13)18(2,16)17/h5-9,15H,3-4,14H2,1-2H3. The molecule has 0 aliphatic heterocycles. The molecule has 1 aromatic carbocycles. The van der Waals surface area contributed by atoms with E-state index >= 15 is 0 Å². The first-order valence-corrected chi connectivity index (χ1v) is 7.82. The number of hydrogen-bond donors (Lipinski definition) is 2. The first-order valence-electron chi connectivity index (χ1n) is 5.93. The number of aromatic nitrogens is 1. The Morgan fingerprint density at radius 2 is 2.11 bits per heavy atom. The Morgan fingerprint density at radius 1 is 1.39 bits per heavy atom. The Kier molecular flexibility index (Phi) is 3.45. The Hall–Kier alpha value is -1.33. The summed E-state index contributed by atoms with van der Waals surface area (Å²) < 4.78 is 23.1. The van der Waals surface area contributed by atoms with Crippen molar-refractivity contribution < 1.29 is 8.42 Å². The van der Waals surface area contributed by atoms with E-state index in [9.17, 15) is 8.42 Å². The molecule has 0 fully saturated rings. The lowest BCUT2D eigenvalue weighted by molar-refractivity contribution is 0.602. The Labute approximate surface area is 107 Å². The van der Waals surface area contributed by atoms with Gasteiger partial charge in [-0.2, -0.15) is 0 Å². The SMILES string of the molecule is CC(N)CCc1c[nH]c2ccc(S(C)(=O)=O)cc12. The summed E-state index contributed by atoms with van der Waals surface area (Å²) >= 11 is 0. The highest BCUT2D eigenvalue weighted by Crippen LogP contribution is 2.23. The van der Waals surface area contributed by atoms with E-state index in [2.05, 4.69) is 4.98 Å². The molecule has 1 unspecified atom stereocenters. The zero-order valence-electron chi connectivity index (χ0n) is 10.6. The van der Waals surface area contributed by atoms with Gasteiger partial charge < -0.3 is 10.7 Å². The van der Waals surface area contributed by atoms with E-state index < -0.39 is 9.84 Å². The third-order valence-electron chi connectivity index (χ3n) is 3.04. The molecule has 0 saturated heterocycles. The van der Waals surface area contributed by atoms with Gasteiger partial charge in [-0.05, 0) is 43.5 Å². The molecule has 0 saturated carbocycles. The van der Waals surface area contributed by atoms with Gasteiger partial charge >= 0.3 is 0 Å². The molecule has 3 N–H and O–H groups in total. The Morgan fingerprint density at radius 3 is 2.72 bits per heavy atom. The van der Waals surface area contributed by atoms with E-state index in [1.54, 1.807) is 18.2 Å². The maximum atomic E-state index is 11.5. The van der Waals surface area contributed by atoms with Crippen molar-refractivity contribution in [3.8, 4) is 0 Å². The fourth-order valence-electron chi connectivity index (χ4n) is 1.98. The monoisotopic (exact) mass is 266 g/mol. The van der Waals surface area contributed by atoms with Gasteiger partial charge in [-0.25, -0.2) is 8.42 Å². The quantitative estimate of drug-likeness (QED) is 0.886. The van der Waals surface area contributed by atoms with E-state index in [4.69, 9.17) is 5.73 Å². The van der Waals surface area contributed by atoms with Gasteiger partial charge in [-0.1, -0.05) is 0 Å². The minimum absolute atomic E-state index is 0.146. The average molecular weight is 266 g/mol. The lowest BCUT2D eigenvalue weighted by Crippen LogP contribution is -2.15. The molecule has 0 amide bonds. The normalized spacial score (nSPS) is 13.9. The lowest BCUT2D eigenvalue weighted by atomic mass is 10.1. The van der Waals surface area contributed by atoms with Crippen LogP contribution in [0, 0.1) is 0 Å². The van der Waals surface area contributed by atoms with Gasteiger partial charge in [0, 0.05) is 29.4 Å².